The minimum absolute atomic E-state index is 0.360. The number of aromatic amines is 1. The Morgan fingerprint density at radius 1 is 1.25 bits per heavy atom. The molecule has 4 atom stereocenters. The van der Waals surface area contributed by atoms with Crippen molar-refractivity contribution in [2.24, 2.45) is 11.8 Å². The van der Waals surface area contributed by atoms with Crippen LogP contribution in [0.2, 0.25) is 0 Å². The highest BCUT2D eigenvalue weighted by atomic mass is 19.1. The molecule has 28 heavy (non-hydrogen) atoms. The molecule has 1 fully saturated rings. The highest BCUT2D eigenvalue weighted by Gasteiger charge is 2.58. The molecule has 0 bridgehead atoms. The maximum atomic E-state index is 15.7. The van der Waals surface area contributed by atoms with Gasteiger partial charge >= 0.3 is 17.6 Å². The number of halogens is 1. The minimum atomic E-state index is -2.33. The molecule has 0 spiro atoms. The molecule has 1 N–H and O–H groups in total. The number of hydrogen-bond acceptors (Lipinski definition) is 7. The van der Waals surface area contributed by atoms with Gasteiger partial charge in [0.05, 0.1) is 11.8 Å². The van der Waals surface area contributed by atoms with Gasteiger partial charge in [0.1, 0.15) is 12.7 Å². The fourth-order valence-electron chi connectivity index (χ4n) is 2.73. The molecule has 1 aromatic rings. The Bertz CT molecular complexity index is 843. The van der Waals surface area contributed by atoms with Crippen molar-refractivity contribution in [3.63, 3.8) is 0 Å². The van der Waals surface area contributed by atoms with Crippen LogP contribution in [0.15, 0.2) is 21.9 Å². The number of H-pyrrole nitrogens is 1. The molecule has 2 heterocycles. The van der Waals surface area contributed by atoms with Crippen LogP contribution in [0.4, 0.5) is 4.39 Å². The number of carbonyl (C=O) groups is 2. The van der Waals surface area contributed by atoms with Crippen LogP contribution in [0.1, 0.15) is 40.8 Å². The Balaban J connectivity index is 2.36. The first kappa shape index (κ1) is 21.8. The SMILES string of the molecule is CC(C)C(=O)OC[C@H]1OC(n2ccc(=O)[nH]c2=O)[C@](C)(F)[C@@H]1OC(=O)C(C)C. The van der Waals surface area contributed by atoms with Crippen LogP contribution in [0.5, 0.6) is 0 Å². The number of rotatable bonds is 6. The topological polar surface area (TPSA) is 117 Å². The van der Waals surface area contributed by atoms with E-state index in [9.17, 15) is 19.2 Å². The standard InChI is InChI=1S/C18H25FN2O7/c1-9(2)14(23)26-8-11-13(28-15(24)10(3)4)18(5,19)16(27-11)21-7-6-12(22)20-17(21)25/h6-7,9-11,13,16H,8H2,1-5H3,(H,20,22,25)/t11-,13-,16?,18-/m1/s1. The molecule has 1 aromatic heterocycles. The average Bonchev–Trinajstić information content (AvgIpc) is 2.83. The van der Waals surface area contributed by atoms with E-state index in [1.807, 2.05) is 4.98 Å². The Morgan fingerprint density at radius 2 is 1.86 bits per heavy atom. The number of hydrogen-bond donors (Lipinski definition) is 1. The Hall–Kier alpha value is -2.49. The van der Waals surface area contributed by atoms with Crippen LogP contribution in [-0.4, -0.2) is 46.0 Å². The first-order valence-corrected chi connectivity index (χ1v) is 8.98. The third kappa shape index (κ3) is 4.49. The zero-order chi connectivity index (χ0) is 21.2. The van der Waals surface area contributed by atoms with Gasteiger partial charge in [-0.15, -0.1) is 0 Å². The van der Waals surface area contributed by atoms with E-state index in [0.29, 0.717) is 0 Å². The van der Waals surface area contributed by atoms with Gasteiger partial charge in [0, 0.05) is 12.3 Å². The van der Waals surface area contributed by atoms with Crippen molar-refractivity contribution in [1.29, 1.82) is 0 Å². The number of nitrogens with one attached hydrogen (secondary N) is 1. The quantitative estimate of drug-likeness (QED) is 0.706. The summed E-state index contributed by atoms with van der Waals surface area (Å²) in [6.07, 6.45) is -2.96. The summed E-state index contributed by atoms with van der Waals surface area (Å²) in [6, 6.07) is 1.04. The van der Waals surface area contributed by atoms with Gasteiger partial charge in [0.15, 0.2) is 18.0 Å². The molecule has 0 amide bonds. The largest absolute Gasteiger partial charge is 0.463 e. The van der Waals surface area contributed by atoms with E-state index in [1.54, 1.807) is 27.7 Å². The van der Waals surface area contributed by atoms with Crippen molar-refractivity contribution in [2.75, 3.05) is 6.61 Å². The molecule has 1 aliphatic heterocycles. The molecule has 0 saturated carbocycles. The lowest BCUT2D eigenvalue weighted by atomic mass is 9.98. The molecular weight excluding hydrogens is 375 g/mol. The second-order valence-corrected chi connectivity index (χ2v) is 7.49. The van der Waals surface area contributed by atoms with Crippen LogP contribution in [0.25, 0.3) is 0 Å². The summed E-state index contributed by atoms with van der Waals surface area (Å²) in [5.41, 5.74) is -3.86. The van der Waals surface area contributed by atoms with E-state index in [4.69, 9.17) is 14.2 Å². The molecule has 0 radical (unpaired) electrons. The average molecular weight is 400 g/mol. The van der Waals surface area contributed by atoms with Gasteiger partial charge in [-0.25, -0.2) is 9.18 Å². The van der Waals surface area contributed by atoms with Gasteiger partial charge in [0.2, 0.25) is 0 Å². The van der Waals surface area contributed by atoms with Gasteiger partial charge < -0.3 is 14.2 Å². The summed E-state index contributed by atoms with van der Waals surface area (Å²) in [5, 5.41) is 0. The van der Waals surface area contributed by atoms with Gasteiger partial charge in [-0.05, 0) is 6.92 Å². The first-order chi connectivity index (χ1) is 12.9. The number of ether oxygens (including phenoxy) is 3. The summed E-state index contributed by atoms with van der Waals surface area (Å²) in [4.78, 5) is 49.2. The lowest BCUT2D eigenvalue weighted by Crippen LogP contribution is -2.46. The van der Waals surface area contributed by atoms with Crippen molar-refractivity contribution in [1.82, 2.24) is 9.55 Å². The molecule has 1 saturated heterocycles. The summed E-state index contributed by atoms with van der Waals surface area (Å²) in [6.45, 7) is 7.21. The molecule has 2 rings (SSSR count). The van der Waals surface area contributed by atoms with Crippen molar-refractivity contribution in [2.45, 2.75) is 58.7 Å². The molecule has 10 heteroatoms. The summed E-state index contributed by atoms with van der Waals surface area (Å²) in [5.74, 6) is -2.12. The van der Waals surface area contributed by atoms with Gasteiger partial charge in [-0.1, -0.05) is 27.7 Å². The van der Waals surface area contributed by atoms with Crippen molar-refractivity contribution < 1.29 is 28.2 Å². The summed E-state index contributed by atoms with van der Waals surface area (Å²) < 4.78 is 32.6. The molecule has 156 valence electrons. The highest BCUT2D eigenvalue weighted by molar-refractivity contribution is 5.72. The van der Waals surface area contributed by atoms with Crippen molar-refractivity contribution >= 4 is 11.9 Å². The Morgan fingerprint density at radius 3 is 2.39 bits per heavy atom. The molecule has 0 aliphatic carbocycles. The molecule has 1 unspecified atom stereocenters. The Labute approximate surface area is 160 Å². The molecule has 9 nitrogen and oxygen atoms in total. The number of alkyl halides is 1. The van der Waals surface area contributed by atoms with E-state index >= 15 is 4.39 Å². The highest BCUT2D eigenvalue weighted by Crippen LogP contribution is 2.42. The first-order valence-electron chi connectivity index (χ1n) is 8.98. The second kappa shape index (κ2) is 8.26. The zero-order valence-electron chi connectivity index (χ0n) is 16.4. The third-order valence-electron chi connectivity index (χ3n) is 4.36. The number of aromatic nitrogens is 2. The number of carbonyl (C=O) groups excluding carboxylic acids is 2. The predicted octanol–water partition coefficient (Wildman–Crippen LogP) is 0.929. The maximum Gasteiger partial charge on any atom is 0.330 e. The Kier molecular flexibility index (Phi) is 6.43. The molecule has 1 aliphatic rings. The zero-order valence-corrected chi connectivity index (χ0v) is 16.4. The van der Waals surface area contributed by atoms with Crippen LogP contribution >= 0.6 is 0 Å². The lowest BCUT2D eigenvalue weighted by molar-refractivity contribution is -0.165. The molecule has 0 aromatic carbocycles. The van der Waals surface area contributed by atoms with Gasteiger partial charge in [-0.3, -0.25) is 23.9 Å². The van der Waals surface area contributed by atoms with E-state index < -0.39 is 59.1 Å². The van der Waals surface area contributed by atoms with E-state index in [0.717, 1.165) is 23.8 Å². The van der Waals surface area contributed by atoms with Crippen molar-refractivity contribution in [3.05, 3.63) is 33.1 Å². The minimum Gasteiger partial charge on any atom is -0.463 e. The van der Waals surface area contributed by atoms with Crippen LogP contribution in [-0.2, 0) is 23.8 Å². The molecular formula is C18H25FN2O7. The fourth-order valence-corrected chi connectivity index (χ4v) is 2.73. The van der Waals surface area contributed by atoms with Crippen LogP contribution < -0.4 is 11.2 Å². The van der Waals surface area contributed by atoms with E-state index in [2.05, 4.69) is 0 Å². The van der Waals surface area contributed by atoms with Crippen molar-refractivity contribution in [3.8, 4) is 0 Å². The maximum absolute atomic E-state index is 15.7. The smallest absolute Gasteiger partial charge is 0.330 e. The van der Waals surface area contributed by atoms with Crippen LogP contribution in [0, 0.1) is 11.8 Å². The van der Waals surface area contributed by atoms with E-state index in [-0.39, 0.29) is 6.61 Å². The predicted molar refractivity (Wildman–Crippen MR) is 95.3 cm³/mol. The second-order valence-electron chi connectivity index (χ2n) is 7.49. The van der Waals surface area contributed by atoms with Gasteiger partial charge in [-0.2, -0.15) is 0 Å². The van der Waals surface area contributed by atoms with Crippen LogP contribution in [0.3, 0.4) is 0 Å². The van der Waals surface area contributed by atoms with E-state index in [1.165, 1.54) is 0 Å². The summed E-state index contributed by atoms with van der Waals surface area (Å²) in [7, 11) is 0. The number of esters is 2. The summed E-state index contributed by atoms with van der Waals surface area (Å²) >= 11 is 0. The number of nitrogens with zero attached hydrogens (tertiary/aromatic N) is 1. The van der Waals surface area contributed by atoms with Gasteiger partial charge in [0.25, 0.3) is 5.56 Å². The fraction of sp³-hybridized carbons (Fsp3) is 0.667. The monoisotopic (exact) mass is 400 g/mol. The lowest BCUT2D eigenvalue weighted by Gasteiger charge is -2.28. The third-order valence-corrected chi connectivity index (χ3v) is 4.36. The normalized spacial score (nSPS) is 27.2.